The molecule has 2 heterocycles. The summed E-state index contributed by atoms with van der Waals surface area (Å²) in [4.78, 5) is 0. The first-order valence-corrected chi connectivity index (χ1v) is 8.00. The smallest absolute Gasteiger partial charge is 0.169 e. The van der Waals surface area contributed by atoms with Crippen LogP contribution in [0.15, 0.2) is 49.1 Å². The zero-order valence-electron chi connectivity index (χ0n) is 12.6. The van der Waals surface area contributed by atoms with E-state index in [0.717, 1.165) is 19.5 Å². The van der Waals surface area contributed by atoms with E-state index >= 15 is 0 Å². The molecule has 0 N–H and O–H groups in total. The topological polar surface area (TPSA) is 100 Å². The molecule has 0 amide bonds. The third-order valence-corrected chi connectivity index (χ3v) is 2.95. The number of nitrogens with zero attached hydrogens (tertiary/aromatic N) is 2. The van der Waals surface area contributed by atoms with Crippen molar-refractivity contribution in [2.45, 2.75) is 33.4 Å². The van der Waals surface area contributed by atoms with Gasteiger partial charge in [-0.3, -0.25) is 0 Å². The average molecular weight is 328 g/mol. The second-order valence-corrected chi connectivity index (χ2v) is 5.71. The van der Waals surface area contributed by atoms with Gasteiger partial charge < -0.3 is 0 Å². The average Bonchev–Trinajstić information content (AvgIpc) is 2.41. The summed E-state index contributed by atoms with van der Waals surface area (Å²) < 4.78 is 38.4. The molecule has 0 saturated carbocycles. The number of halogens is 1. The Hall–Kier alpha value is -1.57. The fraction of sp³-hybridized carbons (Fsp3) is 0.333. The van der Waals surface area contributed by atoms with Gasteiger partial charge in [0.1, 0.15) is 0 Å². The van der Waals surface area contributed by atoms with Crippen LogP contribution in [-0.2, 0) is 13.1 Å². The first-order chi connectivity index (χ1) is 10.2. The Morgan fingerprint density at radius 1 is 0.727 bits per heavy atom. The zero-order valence-corrected chi connectivity index (χ0v) is 13.4. The van der Waals surface area contributed by atoms with Crippen molar-refractivity contribution in [1.29, 1.82) is 0 Å². The standard InChI is InChI=1S/C15H20N2.ClHO4/c1-14-4-10-16(11-5-14)8-3-9-17-12-6-15(2)7-13-17;2-1(3,4)5/h4-7,10-13H,3,8-9H2,1-2H3;(H,2,3,4,5)/q+2;/p-1. The van der Waals surface area contributed by atoms with E-state index in [1.807, 2.05) is 0 Å². The van der Waals surface area contributed by atoms with E-state index in [2.05, 4.69) is 72.0 Å². The second-order valence-electron chi connectivity index (χ2n) is 4.96. The van der Waals surface area contributed by atoms with Crippen molar-refractivity contribution in [3.63, 3.8) is 0 Å². The molecular weight excluding hydrogens is 308 g/mol. The molecule has 0 aliphatic rings. The van der Waals surface area contributed by atoms with Crippen LogP contribution in [0.1, 0.15) is 17.5 Å². The van der Waals surface area contributed by atoms with E-state index in [1.54, 1.807) is 0 Å². The minimum atomic E-state index is -4.94. The Morgan fingerprint density at radius 3 is 1.27 bits per heavy atom. The van der Waals surface area contributed by atoms with Crippen molar-refractivity contribution in [1.82, 2.24) is 0 Å². The van der Waals surface area contributed by atoms with Crippen LogP contribution in [0.5, 0.6) is 0 Å². The van der Waals surface area contributed by atoms with Gasteiger partial charge in [0.15, 0.2) is 37.9 Å². The van der Waals surface area contributed by atoms with Crippen molar-refractivity contribution in [2.75, 3.05) is 0 Å². The van der Waals surface area contributed by atoms with Crippen LogP contribution in [-0.4, -0.2) is 0 Å². The van der Waals surface area contributed by atoms with Gasteiger partial charge in [0, 0.05) is 24.3 Å². The molecule has 0 spiro atoms. The number of rotatable bonds is 4. The van der Waals surface area contributed by atoms with Gasteiger partial charge in [0.2, 0.25) is 0 Å². The second kappa shape index (κ2) is 8.77. The lowest BCUT2D eigenvalue weighted by atomic mass is 10.3. The summed E-state index contributed by atoms with van der Waals surface area (Å²) in [5.41, 5.74) is 2.63. The molecule has 0 fully saturated rings. The quantitative estimate of drug-likeness (QED) is 0.567. The summed E-state index contributed by atoms with van der Waals surface area (Å²) in [5.74, 6) is 0. The van der Waals surface area contributed by atoms with Crippen LogP contribution in [0.25, 0.3) is 0 Å². The van der Waals surface area contributed by atoms with Crippen molar-refractivity contribution in [2.24, 2.45) is 0 Å². The molecule has 0 aliphatic carbocycles. The fourth-order valence-electron chi connectivity index (χ4n) is 1.80. The Morgan fingerprint density at radius 2 is 1.00 bits per heavy atom. The highest BCUT2D eigenvalue weighted by Crippen LogP contribution is 1.92. The largest absolute Gasteiger partial charge is 0.222 e. The van der Waals surface area contributed by atoms with Crippen molar-refractivity contribution in [3.05, 3.63) is 60.2 Å². The maximum atomic E-state index is 8.49. The highest BCUT2D eigenvalue weighted by atomic mass is 35.7. The van der Waals surface area contributed by atoms with E-state index in [4.69, 9.17) is 18.6 Å². The summed E-state index contributed by atoms with van der Waals surface area (Å²) in [5, 5.41) is 0. The molecule has 0 bridgehead atoms. The lowest BCUT2D eigenvalue weighted by Gasteiger charge is -2.17. The van der Waals surface area contributed by atoms with E-state index < -0.39 is 10.2 Å². The molecule has 2 aromatic rings. The SMILES string of the molecule is Cc1cc[n+](CCC[n+]2ccc(C)cc2)cc1.[O-][Cl+3]([O-])([O-])[O-]. The van der Waals surface area contributed by atoms with Gasteiger partial charge in [-0.2, -0.15) is 0 Å². The molecule has 0 radical (unpaired) electrons. The van der Waals surface area contributed by atoms with Gasteiger partial charge in [-0.15, -0.1) is 10.2 Å². The molecule has 2 aromatic heterocycles. The molecule has 0 atom stereocenters. The number of hydrogen-bond acceptors (Lipinski definition) is 4. The molecule has 120 valence electrons. The third kappa shape index (κ3) is 9.38. The first-order valence-electron chi connectivity index (χ1n) is 6.77. The Bertz CT molecular complexity index is 502. The molecule has 6 nitrogen and oxygen atoms in total. The molecule has 0 saturated heterocycles. The zero-order chi connectivity index (χ0) is 16.6. The molecule has 0 unspecified atom stereocenters. The minimum Gasteiger partial charge on any atom is -0.222 e. The van der Waals surface area contributed by atoms with Crippen molar-refractivity contribution in [3.8, 4) is 0 Å². The summed E-state index contributed by atoms with van der Waals surface area (Å²) in [6, 6.07) is 8.61. The lowest BCUT2D eigenvalue weighted by molar-refractivity contribution is -2.00. The lowest BCUT2D eigenvalue weighted by Crippen LogP contribution is -2.68. The number of aromatic nitrogens is 2. The van der Waals surface area contributed by atoms with Crippen molar-refractivity contribution < 1.29 is 38.0 Å². The van der Waals surface area contributed by atoms with Crippen LogP contribution in [0, 0.1) is 24.1 Å². The van der Waals surface area contributed by atoms with E-state index in [9.17, 15) is 0 Å². The fourth-order valence-corrected chi connectivity index (χ4v) is 1.80. The Kier molecular flexibility index (Phi) is 7.37. The molecule has 22 heavy (non-hydrogen) atoms. The number of hydrogen-bond donors (Lipinski definition) is 0. The first kappa shape index (κ1) is 18.5. The van der Waals surface area contributed by atoms with Crippen LogP contribution >= 0.6 is 0 Å². The normalized spacial score (nSPS) is 10.8. The maximum absolute atomic E-state index is 8.49. The van der Waals surface area contributed by atoms with Gasteiger partial charge in [0.25, 0.3) is 0 Å². The third-order valence-electron chi connectivity index (χ3n) is 2.95. The molecular formula is C15H20ClN2O4+. The molecule has 0 aliphatic heterocycles. The van der Waals surface area contributed by atoms with E-state index in [-0.39, 0.29) is 0 Å². The Balaban J connectivity index is 0.000000422. The van der Waals surface area contributed by atoms with Crippen LogP contribution < -0.4 is 27.8 Å². The molecule has 0 aromatic carbocycles. The van der Waals surface area contributed by atoms with E-state index in [0.29, 0.717) is 0 Å². The molecule has 2 rings (SSSR count). The van der Waals surface area contributed by atoms with Crippen molar-refractivity contribution >= 4 is 0 Å². The van der Waals surface area contributed by atoms with Crippen LogP contribution in [0.4, 0.5) is 0 Å². The monoisotopic (exact) mass is 327 g/mol. The maximum Gasteiger partial charge on any atom is 0.169 e. The predicted molar refractivity (Wildman–Crippen MR) is 67.4 cm³/mol. The summed E-state index contributed by atoms with van der Waals surface area (Å²) in [6.07, 6.45) is 9.75. The predicted octanol–water partition coefficient (Wildman–Crippen LogP) is -2.79. The molecule has 7 heteroatoms. The van der Waals surface area contributed by atoms with Crippen LogP contribution in [0.2, 0.25) is 0 Å². The summed E-state index contributed by atoms with van der Waals surface area (Å²) >= 11 is 0. The Labute approximate surface area is 132 Å². The van der Waals surface area contributed by atoms with Gasteiger partial charge in [0.05, 0.1) is 6.42 Å². The van der Waals surface area contributed by atoms with Crippen LogP contribution in [0.3, 0.4) is 0 Å². The highest BCUT2D eigenvalue weighted by molar-refractivity contribution is 5.03. The van der Waals surface area contributed by atoms with Gasteiger partial charge >= 0.3 is 0 Å². The summed E-state index contributed by atoms with van der Waals surface area (Å²) in [7, 11) is -4.94. The van der Waals surface area contributed by atoms with E-state index in [1.165, 1.54) is 11.1 Å². The minimum absolute atomic E-state index is 1.07. The highest BCUT2D eigenvalue weighted by Gasteiger charge is 2.03. The van der Waals surface area contributed by atoms with Gasteiger partial charge in [-0.05, 0) is 25.0 Å². The van der Waals surface area contributed by atoms with Gasteiger partial charge in [-0.1, -0.05) is 0 Å². The summed E-state index contributed by atoms with van der Waals surface area (Å²) in [6.45, 7) is 6.38. The number of aryl methyl sites for hydroxylation is 4. The van der Waals surface area contributed by atoms with Gasteiger partial charge in [-0.25, -0.2) is 27.8 Å². The number of pyridine rings is 2.